The Kier molecular flexibility index (Phi) is 2.27. The lowest BCUT2D eigenvalue weighted by atomic mass is 10.0. The first kappa shape index (κ1) is 11.1. The van der Waals surface area contributed by atoms with Crippen LogP contribution in [0.2, 0.25) is 0 Å². The van der Waals surface area contributed by atoms with Crippen molar-refractivity contribution in [3.63, 3.8) is 0 Å². The van der Waals surface area contributed by atoms with Crippen LogP contribution >= 0.6 is 0 Å². The SMILES string of the molecule is N[n+]1ccc2ccccc2c1-c1c[nH]c2ccccc12. The number of para-hydroxylation sites is 1. The maximum absolute atomic E-state index is 6.17. The van der Waals surface area contributed by atoms with Gasteiger partial charge in [-0.15, -0.1) is 0 Å². The highest BCUT2D eigenvalue weighted by molar-refractivity contribution is 6.02. The minimum absolute atomic E-state index is 1.03. The van der Waals surface area contributed by atoms with Crippen LogP contribution < -0.4 is 10.5 Å². The molecule has 2 aromatic heterocycles. The van der Waals surface area contributed by atoms with Crippen LogP contribution in [0.5, 0.6) is 0 Å². The molecule has 0 aliphatic carbocycles. The first-order valence-electron chi connectivity index (χ1n) is 6.59. The topological polar surface area (TPSA) is 45.7 Å². The van der Waals surface area contributed by atoms with Crippen molar-refractivity contribution in [1.29, 1.82) is 0 Å². The third-order valence-corrected chi connectivity index (χ3v) is 3.73. The number of nitrogens with two attached hydrogens (primary N) is 1. The van der Waals surface area contributed by atoms with Crippen molar-refractivity contribution >= 4 is 21.7 Å². The third-order valence-electron chi connectivity index (χ3n) is 3.73. The lowest BCUT2D eigenvalue weighted by Gasteiger charge is -2.02. The minimum atomic E-state index is 1.03. The summed E-state index contributed by atoms with van der Waals surface area (Å²) in [7, 11) is 0. The predicted octanol–water partition coefficient (Wildman–Crippen LogP) is 2.99. The summed E-state index contributed by atoms with van der Waals surface area (Å²) < 4.78 is 1.69. The second-order valence-electron chi connectivity index (χ2n) is 4.91. The first-order chi connectivity index (χ1) is 9.84. The second-order valence-corrected chi connectivity index (χ2v) is 4.91. The predicted molar refractivity (Wildman–Crippen MR) is 81.6 cm³/mol. The number of nitrogen functional groups attached to an aromatic ring is 1. The molecular weight excluding hydrogens is 246 g/mol. The quantitative estimate of drug-likeness (QED) is 0.401. The Morgan fingerprint density at radius 3 is 2.50 bits per heavy atom. The average molecular weight is 260 g/mol. The van der Waals surface area contributed by atoms with Crippen molar-refractivity contribution < 1.29 is 4.68 Å². The molecule has 20 heavy (non-hydrogen) atoms. The van der Waals surface area contributed by atoms with Gasteiger partial charge in [0.2, 0.25) is 6.20 Å². The van der Waals surface area contributed by atoms with Gasteiger partial charge in [-0.1, -0.05) is 41.1 Å². The van der Waals surface area contributed by atoms with Crippen molar-refractivity contribution in [3.05, 3.63) is 67.0 Å². The lowest BCUT2D eigenvalue weighted by Crippen LogP contribution is -2.46. The molecule has 0 aliphatic rings. The van der Waals surface area contributed by atoms with E-state index in [1.807, 2.05) is 42.7 Å². The number of fused-ring (bicyclic) bond motifs is 2. The van der Waals surface area contributed by atoms with E-state index in [0.717, 1.165) is 22.2 Å². The van der Waals surface area contributed by atoms with Gasteiger partial charge in [-0.3, -0.25) is 0 Å². The molecule has 3 N–H and O–H groups in total. The summed E-state index contributed by atoms with van der Waals surface area (Å²) in [4.78, 5) is 3.31. The molecule has 0 radical (unpaired) electrons. The van der Waals surface area contributed by atoms with Crippen LogP contribution in [0.15, 0.2) is 67.0 Å². The standard InChI is InChI=1S/C17H13N3/c18-20-10-9-12-5-1-2-6-13(12)17(20)15-11-19-16-8-4-3-7-14(15)16/h1-11H,18H2/p+1. The van der Waals surface area contributed by atoms with Crippen LogP contribution in [-0.4, -0.2) is 4.98 Å². The Hall–Kier alpha value is -2.81. The Balaban J connectivity index is 2.14. The summed E-state index contributed by atoms with van der Waals surface area (Å²) in [6, 6.07) is 18.6. The molecule has 0 unspecified atom stereocenters. The van der Waals surface area contributed by atoms with Gasteiger partial charge in [-0.2, -0.15) is 0 Å². The second kappa shape index (κ2) is 4.10. The van der Waals surface area contributed by atoms with E-state index in [-0.39, 0.29) is 0 Å². The molecule has 0 saturated heterocycles. The number of aromatic amines is 1. The zero-order valence-electron chi connectivity index (χ0n) is 10.9. The Bertz CT molecular complexity index is 922. The zero-order chi connectivity index (χ0) is 13.5. The van der Waals surface area contributed by atoms with Gasteiger partial charge in [0.15, 0.2) is 0 Å². The summed E-state index contributed by atoms with van der Waals surface area (Å²) in [5, 5.41) is 3.53. The van der Waals surface area contributed by atoms with E-state index < -0.39 is 0 Å². The van der Waals surface area contributed by atoms with Gasteiger partial charge in [-0.25, -0.2) is 5.84 Å². The summed E-state index contributed by atoms with van der Waals surface area (Å²) >= 11 is 0. The van der Waals surface area contributed by atoms with Crippen LogP contribution in [0.4, 0.5) is 0 Å². The molecule has 0 bridgehead atoms. The molecule has 96 valence electrons. The molecule has 0 spiro atoms. The van der Waals surface area contributed by atoms with Gasteiger partial charge in [0.25, 0.3) is 5.69 Å². The van der Waals surface area contributed by atoms with Crippen molar-refractivity contribution in [2.24, 2.45) is 0 Å². The number of pyridine rings is 1. The molecule has 3 heteroatoms. The molecule has 0 amide bonds. The molecule has 0 fully saturated rings. The number of benzene rings is 2. The Morgan fingerprint density at radius 2 is 1.60 bits per heavy atom. The molecular formula is C17H14N3+. The van der Waals surface area contributed by atoms with Crippen LogP contribution in [0, 0.1) is 0 Å². The van der Waals surface area contributed by atoms with Gasteiger partial charge in [-0.05, 0) is 17.5 Å². The minimum Gasteiger partial charge on any atom is -0.360 e. The van der Waals surface area contributed by atoms with Gasteiger partial charge in [0, 0.05) is 23.2 Å². The summed E-state index contributed by atoms with van der Waals surface area (Å²) in [6.07, 6.45) is 3.93. The van der Waals surface area contributed by atoms with Crippen LogP contribution in [0.3, 0.4) is 0 Å². The molecule has 4 aromatic rings. The van der Waals surface area contributed by atoms with Gasteiger partial charge in [0.05, 0.1) is 10.9 Å². The summed E-state index contributed by atoms with van der Waals surface area (Å²) in [5.41, 5.74) is 3.27. The number of nitrogens with zero attached hydrogens (tertiary/aromatic N) is 1. The van der Waals surface area contributed by atoms with E-state index in [2.05, 4.69) is 29.2 Å². The zero-order valence-corrected chi connectivity index (χ0v) is 10.9. The van der Waals surface area contributed by atoms with E-state index >= 15 is 0 Å². The number of rotatable bonds is 1. The number of H-pyrrole nitrogens is 1. The number of hydrogen-bond acceptors (Lipinski definition) is 1. The molecule has 4 rings (SSSR count). The highest BCUT2D eigenvalue weighted by Crippen LogP contribution is 2.30. The molecule has 0 saturated carbocycles. The van der Waals surface area contributed by atoms with E-state index in [1.165, 1.54) is 10.8 Å². The van der Waals surface area contributed by atoms with Gasteiger partial charge >= 0.3 is 0 Å². The fourth-order valence-corrected chi connectivity index (χ4v) is 2.78. The monoisotopic (exact) mass is 260 g/mol. The van der Waals surface area contributed by atoms with Crippen LogP contribution in [0.25, 0.3) is 32.9 Å². The summed E-state index contributed by atoms with van der Waals surface area (Å²) in [6.45, 7) is 0. The smallest absolute Gasteiger partial charge is 0.252 e. The van der Waals surface area contributed by atoms with Crippen molar-refractivity contribution in [3.8, 4) is 11.3 Å². The van der Waals surface area contributed by atoms with Crippen LogP contribution in [-0.2, 0) is 0 Å². The van der Waals surface area contributed by atoms with Crippen LogP contribution in [0.1, 0.15) is 0 Å². The molecule has 2 aromatic carbocycles. The molecule has 0 atom stereocenters. The summed E-state index contributed by atoms with van der Waals surface area (Å²) in [5.74, 6) is 6.17. The Morgan fingerprint density at radius 1 is 0.850 bits per heavy atom. The third kappa shape index (κ3) is 1.50. The van der Waals surface area contributed by atoms with Crippen molar-refractivity contribution in [2.75, 3.05) is 5.84 Å². The highest BCUT2D eigenvalue weighted by atomic mass is 15.3. The van der Waals surface area contributed by atoms with Gasteiger partial charge in [0.1, 0.15) is 0 Å². The number of hydrogen-bond donors (Lipinski definition) is 2. The normalized spacial score (nSPS) is 11.2. The fraction of sp³-hybridized carbons (Fsp3) is 0. The number of nitrogens with one attached hydrogen (secondary N) is 1. The maximum atomic E-state index is 6.17. The lowest BCUT2D eigenvalue weighted by molar-refractivity contribution is -0.626. The van der Waals surface area contributed by atoms with Crippen molar-refractivity contribution in [1.82, 2.24) is 4.98 Å². The van der Waals surface area contributed by atoms with Gasteiger partial charge < -0.3 is 4.98 Å². The number of aromatic nitrogens is 2. The molecule has 3 nitrogen and oxygen atoms in total. The maximum Gasteiger partial charge on any atom is 0.252 e. The fourth-order valence-electron chi connectivity index (χ4n) is 2.78. The highest BCUT2D eigenvalue weighted by Gasteiger charge is 2.19. The van der Waals surface area contributed by atoms with E-state index in [0.29, 0.717) is 0 Å². The van der Waals surface area contributed by atoms with E-state index in [1.54, 1.807) is 4.68 Å². The molecule has 2 heterocycles. The molecule has 0 aliphatic heterocycles. The van der Waals surface area contributed by atoms with E-state index in [4.69, 9.17) is 5.84 Å². The average Bonchev–Trinajstić information content (AvgIpc) is 2.91. The van der Waals surface area contributed by atoms with Crippen molar-refractivity contribution in [2.45, 2.75) is 0 Å². The van der Waals surface area contributed by atoms with E-state index in [9.17, 15) is 0 Å². The largest absolute Gasteiger partial charge is 0.360 e. The first-order valence-corrected chi connectivity index (χ1v) is 6.59. The Labute approximate surface area is 116 Å².